The third-order valence-electron chi connectivity index (χ3n) is 2.14. The lowest BCUT2D eigenvalue weighted by molar-refractivity contribution is 0.628. The molecule has 3 nitrogen and oxygen atoms in total. The minimum absolute atomic E-state index is 0.349. The molecular formula is C12H7BrFN3. The van der Waals surface area contributed by atoms with Gasteiger partial charge in [0.05, 0.1) is 23.1 Å². The van der Waals surface area contributed by atoms with Crippen molar-refractivity contribution in [1.29, 1.82) is 5.26 Å². The van der Waals surface area contributed by atoms with Gasteiger partial charge in [-0.25, -0.2) is 4.39 Å². The quantitative estimate of drug-likeness (QED) is 0.920. The van der Waals surface area contributed by atoms with Crippen molar-refractivity contribution >= 4 is 27.3 Å². The van der Waals surface area contributed by atoms with Crippen LogP contribution in [0.15, 0.2) is 41.1 Å². The highest BCUT2D eigenvalue weighted by Gasteiger charge is 2.05. The molecule has 0 saturated heterocycles. The number of nitrogens with zero attached hydrogens (tertiary/aromatic N) is 2. The molecule has 0 aliphatic rings. The molecule has 0 atom stereocenters. The van der Waals surface area contributed by atoms with E-state index in [1.54, 1.807) is 12.1 Å². The van der Waals surface area contributed by atoms with Crippen molar-refractivity contribution in [3.05, 3.63) is 52.5 Å². The average molecular weight is 292 g/mol. The summed E-state index contributed by atoms with van der Waals surface area (Å²) in [4.78, 5) is 3.92. The number of hydrogen-bond donors (Lipinski definition) is 1. The second-order valence-corrected chi connectivity index (χ2v) is 4.14. The van der Waals surface area contributed by atoms with Gasteiger partial charge in [-0.2, -0.15) is 5.26 Å². The van der Waals surface area contributed by atoms with Crippen LogP contribution in [0.25, 0.3) is 0 Å². The fourth-order valence-electron chi connectivity index (χ4n) is 1.33. The molecule has 1 aromatic carbocycles. The summed E-state index contributed by atoms with van der Waals surface area (Å²) < 4.78 is 13.8. The molecular weight excluding hydrogens is 285 g/mol. The Kier molecular flexibility index (Phi) is 3.35. The zero-order valence-corrected chi connectivity index (χ0v) is 10.2. The molecule has 0 spiro atoms. The van der Waals surface area contributed by atoms with Gasteiger partial charge in [0.25, 0.3) is 0 Å². The summed E-state index contributed by atoms with van der Waals surface area (Å²) in [5.74, 6) is -0.349. The molecule has 0 fully saturated rings. The summed E-state index contributed by atoms with van der Waals surface area (Å²) in [6, 6.07) is 7.92. The lowest BCUT2D eigenvalue weighted by atomic mass is 10.2. The highest BCUT2D eigenvalue weighted by molar-refractivity contribution is 9.10. The standard InChI is InChI=1S/C12H7BrFN3/c13-10-2-1-9(14)5-11(10)17-12-7-16-4-3-8(12)6-15/h1-5,7,17H. The molecule has 84 valence electrons. The summed E-state index contributed by atoms with van der Waals surface area (Å²) in [6.07, 6.45) is 3.06. The highest BCUT2D eigenvalue weighted by Crippen LogP contribution is 2.27. The van der Waals surface area contributed by atoms with Crippen LogP contribution in [0.1, 0.15) is 5.56 Å². The van der Waals surface area contributed by atoms with Crippen molar-refractivity contribution in [2.45, 2.75) is 0 Å². The molecule has 0 aliphatic carbocycles. The summed E-state index contributed by atoms with van der Waals surface area (Å²) in [6.45, 7) is 0. The number of nitrogens with one attached hydrogen (secondary N) is 1. The maximum absolute atomic E-state index is 13.1. The first-order chi connectivity index (χ1) is 8.20. The second-order valence-electron chi connectivity index (χ2n) is 3.28. The minimum atomic E-state index is -0.349. The van der Waals surface area contributed by atoms with Crippen LogP contribution in [0, 0.1) is 17.1 Å². The monoisotopic (exact) mass is 291 g/mol. The highest BCUT2D eigenvalue weighted by atomic mass is 79.9. The van der Waals surface area contributed by atoms with E-state index in [1.807, 2.05) is 6.07 Å². The lowest BCUT2D eigenvalue weighted by Crippen LogP contribution is -1.95. The van der Waals surface area contributed by atoms with Crippen molar-refractivity contribution < 1.29 is 4.39 Å². The molecule has 2 aromatic rings. The average Bonchev–Trinajstić information content (AvgIpc) is 2.34. The van der Waals surface area contributed by atoms with Crippen molar-refractivity contribution in [3.8, 4) is 6.07 Å². The summed E-state index contributed by atoms with van der Waals surface area (Å²) in [5, 5.41) is 11.9. The number of aromatic nitrogens is 1. The normalized spacial score (nSPS) is 9.71. The van der Waals surface area contributed by atoms with Gasteiger partial charge < -0.3 is 5.32 Å². The molecule has 5 heteroatoms. The van der Waals surface area contributed by atoms with Gasteiger partial charge in [0.2, 0.25) is 0 Å². The van der Waals surface area contributed by atoms with Gasteiger partial charge in [0.15, 0.2) is 0 Å². The molecule has 2 rings (SSSR count). The first kappa shape index (κ1) is 11.6. The number of anilines is 2. The zero-order valence-electron chi connectivity index (χ0n) is 8.61. The second kappa shape index (κ2) is 4.93. The Bertz CT molecular complexity index is 593. The summed E-state index contributed by atoms with van der Waals surface area (Å²) in [7, 11) is 0. The van der Waals surface area contributed by atoms with Gasteiger partial charge in [0.1, 0.15) is 11.9 Å². The number of halogens is 2. The number of benzene rings is 1. The Labute approximate surface area is 106 Å². The first-order valence-electron chi connectivity index (χ1n) is 4.77. The van der Waals surface area contributed by atoms with Crippen LogP contribution in [-0.2, 0) is 0 Å². The van der Waals surface area contributed by atoms with E-state index in [1.165, 1.54) is 24.5 Å². The first-order valence-corrected chi connectivity index (χ1v) is 5.56. The molecule has 1 heterocycles. The molecule has 0 radical (unpaired) electrons. The topological polar surface area (TPSA) is 48.7 Å². The van der Waals surface area contributed by atoms with Gasteiger partial charge >= 0.3 is 0 Å². The molecule has 1 aromatic heterocycles. The van der Waals surface area contributed by atoms with Crippen LogP contribution in [0.5, 0.6) is 0 Å². The van der Waals surface area contributed by atoms with Crippen molar-refractivity contribution in [2.75, 3.05) is 5.32 Å². The molecule has 17 heavy (non-hydrogen) atoms. The van der Waals surface area contributed by atoms with Crippen LogP contribution in [0.3, 0.4) is 0 Å². The van der Waals surface area contributed by atoms with Crippen molar-refractivity contribution in [1.82, 2.24) is 4.98 Å². The van der Waals surface area contributed by atoms with E-state index < -0.39 is 0 Å². The van der Waals surface area contributed by atoms with E-state index in [9.17, 15) is 4.39 Å². The van der Waals surface area contributed by atoms with E-state index in [4.69, 9.17) is 5.26 Å². The molecule has 0 saturated carbocycles. The van der Waals surface area contributed by atoms with Gasteiger partial charge in [0, 0.05) is 10.7 Å². The number of hydrogen-bond acceptors (Lipinski definition) is 3. The number of pyridine rings is 1. The Morgan fingerprint density at radius 3 is 2.88 bits per heavy atom. The summed E-state index contributed by atoms with van der Waals surface area (Å²) >= 11 is 3.30. The van der Waals surface area contributed by atoms with Crippen molar-refractivity contribution in [3.63, 3.8) is 0 Å². The molecule has 0 unspecified atom stereocenters. The third-order valence-corrected chi connectivity index (χ3v) is 2.83. The largest absolute Gasteiger partial charge is 0.352 e. The number of rotatable bonds is 2. The van der Waals surface area contributed by atoms with E-state index in [0.29, 0.717) is 21.4 Å². The lowest BCUT2D eigenvalue weighted by Gasteiger charge is -2.09. The van der Waals surface area contributed by atoms with Gasteiger partial charge in [-0.15, -0.1) is 0 Å². The predicted molar refractivity (Wildman–Crippen MR) is 66.3 cm³/mol. The van der Waals surface area contributed by atoms with Crippen molar-refractivity contribution in [2.24, 2.45) is 0 Å². The Morgan fingerprint density at radius 1 is 1.29 bits per heavy atom. The van der Waals surface area contributed by atoms with E-state index in [2.05, 4.69) is 26.2 Å². The van der Waals surface area contributed by atoms with E-state index in [0.717, 1.165) is 0 Å². The van der Waals surface area contributed by atoms with Gasteiger partial charge in [-0.05, 0) is 40.2 Å². The van der Waals surface area contributed by atoms with Gasteiger partial charge in [-0.1, -0.05) is 0 Å². The SMILES string of the molecule is N#Cc1ccncc1Nc1cc(F)ccc1Br. The molecule has 0 amide bonds. The smallest absolute Gasteiger partial charge is 0.125 e. The third kappa shape index (κ3) is 2.60. The molecule has 1 N–H and O–H groups in total. The Morgan fingerprint density at radius 2 is 2.12 bits per heavy atom. The fraction of sp³-hybridized carbons (Fsp3) is 0. The predicted octanol–water partition coefficient (Wildman–Crippen LogP) is 3.60. The van der Waals surface area contributed by atoms with Crippen LogP contribution in [-0.4, -0.2) is 4.98 Å². The van der Waals surface area contributed by atoms with Gasteiger partial charge in [-0.3, -0.25) is 4.98 Å². The van der Waals surface area contributed by atoms with E-state index >= 15 is 0 Å². The summed E-state index contributed by atoms with van der Waals surface area (Å²) in [5.41, 5.74) is 1.55. The van der Waals surface area contributed by atoms with Crippen LogP contribution < -0.4 is 5.32 Å². The zero-order chi connectivity index (χ0) is 12.3. The maximum atomic E-state index is 13.1. The Hall–Kier alpha value is -1.93. The number of nitriles is 1. The fourth-order valence-corrected chi connectivity index (χ4v) is 1.68. The molecule has 0 bridgehead atoms. The van der Waals surface area contributed by atoms with Crippen LogP contribution >= 0.6 is 15.9 Å². The Balaban J connectivity index is 2.38. The van der Waals surface area contributed by atoms with Crippen LogP contribution in [0.2, 0.25) is 0 Å². The minimum Gasteiger partial charge on any atom is -0.352 e. The van der Waals surface area contributed by atoms with E-state index in [-0.39, 0.29) is 5.82 Å². The van der Waals surface area contributed by atoms with Crippen LogP contribution in [0.4, 0.5) is 15.8 Å². The molecule has 0 aliphatic heterocycles. The maximum Gasteiger partial charge on any atom is 0.125 e.